The van der Waals surface area contributed by atoms with Gasteiger partial charge in [0.05, 0.1) is 6.42 Å². The monoisotopic (exact) mass is 506 g/mol. The highest BCUT2D eigenvalue weighted by atomic mass is 16.6. The lowest BCUT2D eigenvalue weighted by molar-refractivity contribution is -0.150. The number of carbonyl (C=O) groups excluding carboxylic acids is 4. The Labute approximate surface area is 213 Å². The van der Waals surface area contributed by atoms with Crippen LogP contribution in [0.15, 0.2) is 24.3 Å². The van der Waals surface area contributed by atoms with Crippen LogP contribution in [0, 0.1) is 0 Å². The van der Waals surface area contributed by atoms with Gasteiger partial charge in [-0.15, -0.1) is 0 Å². The highest BCUT2D eigenvalue weighted by Gasteiger charge is 2.44. The summed E-state index contributed by atoms with van der Waals surface area (Å²) in [6, 6.07) is 3.64. The summed E-state index contributed by atoms with van der Waals surface area (Å²) in [6.07, 6.45) is 0.614. The van der Waals surface area contributed by atoms with Gasteiger partial charge in [-0.25, -0.2) is 4.79 Å². The molecule has 202 valence electrons. The van der Waals surface area contributed by atoms with E-state index in [4.69, 9.17) is 10.5 Å². The van der Waals surface area contributed by atoms with Gasteiger partial charge >= 0.3 is 6.09 Å². The molecule has 0 aliphatic heterocycles. The van der Waals surface area contributed by atoms with Crippen LogP contribution in [0.2, 0.25) is 0 Å². The number of ether oxygens (including phenoxy) is 1. The van der Waals surface area contributed by atoms with Crippen molar-refractivity contribution in [1.29, 1.82) is 0 Å². The first-order valence-corrected chi connectivity index (χ1v) is 12.3. The number of aromatic hydroxyl groups is 1. The predicted molar refractivity (Wildman–Crippen MR) is 137 cm³/mol. The van der Waals surface area contributed by atoms with E-state index in [0.29, 0.717) is 13.0 Å². The molecule has 4 amide bonds. The zero-order chi connectivity index (χ0) is 27.7. The van der Waals surface area contributed by atoms with Crippen LogP contribution in [0.4, 0.5) is 4.79 Å². The van der Waals surface area contributed by atoms with Crippen molar-refractivity contribution >= 4 is 23.8 Å². The number of nitrogens with two attached hydrogens (primary N) is 1. The summed E-state index contributed by atoms with van der Waals surface area (Å²) in [4.78, 5) is 53.2. The minimum atomic E-state index is -1.39. The maximum Gasteiger partial charge on any atom is 0.408 e. The number of unbranched alkanes of at least 4 members (excludes halogenated alkanes) is 1. The second kappa shape index (κ2) is 13.1. The number of nitrogens with one attached hydrogen (secondary N) is 2. The minimum absolute atomic E-state index is 0.163. The van der Waals surface area contributed by atoms with Gasteiger partial charge in [0.15, 0.2) is 0 Å². The van der Waals surface area contributed by atoms with Crippen LogP contribution >= 0.6 is 0 Å². The first-order chi connectivity index (χ1) is 16.6. The van der Waals surface area contributed by atoms with E-state index in [1.165, 1.54) is 11.0 Å². The van der Waals surface area contributed by atoms with Crippen LogP contribution in [0.25, 0.3) is 0 Å². The van der Waals surface area contributed by atoms with Crippen molar-refractivity contribution < 1.29 is 29.0 Å². The van der Waals surface area contributed by atoms with Crippen molar-refractivity contribution in [3.8, 4) is 5.75 Å². The summed E-state index contributed by atoms with van der Waals surface area (Å²) in [7, 11) is 0. The second-order valence-electron chi connectivity index (χ2n) is 10.3. The normalized spacial score (nSPS) is 13.3. The molecule has 5 N–H and O–H groups in total. The van der Waals surface area contributed by atoms with Gasteiger partial charge in [0.1, 0.15) is 23.4 Å². The van der Waals surface area contributed by atoms with E-state index >= 15 is 0 Å². The molecule has 0 aliphatic carbocycles. The fourth-order valence-corrected chi connectivity index (χ4v) is 3.57. The van der Waals surface area contributed by atoms with Crippen molar-refractivity contribution in [1.82, 2.24) is 15.5 Å². The Kier molecular flexibility index (Phi) is 11.2. The van der Waals surface area contributed by atoms with E-state index < -0.39 is 53.5 Å². The van der Waals surface area contributed by atoms with Crippen LogP contribution in [-0.2, 0) is 19.1 Å². The van der Waals surface area contributed by atoms with Crippen LogP contribution in [0.3, 0.4) is 0 Å². The molecule has 0 bridgehead atoms. The maximum absolute atomic E-state index is 14.0. The van der Waals surface area contributed by atoms with Crippen molar-refractivity contribution in [3.05, 3.63) is 29.8 Å². The van der Waals surface area contributed by atoms with E-state index in [1.807, 2.05) is 13.8 Å². The third-order valence-corrected chi connectivity index (χ3v) is 5.72. The Morgan fingerprint density at radius 2 is 1.69 bits per heavy atom. The quantitative estimate of drug-likeness (QED) is 0.320. The third-order valence-electron chi connectivity index (χ3n) is 5.72. The van der Waals surface area contributed by atoms with Crippen LogP contribution in [0.5, 0.6) is 5.75 Å². The number of benzene rings is 1. The lowest BCUT2D eigenvalue weighted by Crippen LogP contribution is -2.60. The van der Waals surface area contributed by atoms with E-state index in [9.17, 15) is 24.3 Å². The molecular weight excluding hydrogens is 464 g/mol. The van der Waals surface area contributed by atoms with Crippen LogP contribution in [-0.4, -0.2) is 57.5 Å². The van der Waals surface area contributed by atoms with E-state index in [0.717, 1.165) is 12.8 Å². The Hall–Kier alpha value is -3.30. The van der Waals surface area contributed by atoms with Crippen LogP contribution < -0.4 is 16.4 Å². The molecule has 0 radical (unpaired) electrons. The molecule has 0 saturated heterocycles. The molecule has 0 heterocycles. The first kappa shape index (κ1) is 30.7. The van der Waals surface area contributed by atoms with Gasteiger partial charge < -0.3 is 31.1 Å². The maximum atomic E-state index is 14.0. The number of phenols is 1. The highest BCUT2D eigenvalue weighted by molar-refractivity contribution is 5.95. The fraction of sp³-hybridized carbons (Fsp3) is 0.615. The highest BCUT2D eigenvalue weighted by Crippen LogP contribution is 2.36. The van der Waals surface area contributed by atoms with Gasteiger partial charge in [0.2, 0.25) is 17.7 Å². The smallest absolute Gasteiger partial charge is 0.408 e. The summed E-state index contributed by atoms with van der Waals surface area (Å²) in [5.74, 6) is -2.17. The van der Waals surface area contributed by atoms with E-state index in [-0.39, 0.29) is 11.3 Å². The largest absolute Gasteiger partial charge is 0.508 e. The topological polar surface area (TPSA) is 151 Å². The van der Waals surface area contributed by atoms with Gasteiger partial charge in [0, 0.05) is 17.6 Å². The number of amides is 4. The molecule has 1 rings (SSSR count). The minimum Gasteiger partial charge on any atom is -0.508 e. The molecule has 0 saturated carbocycles. The summed E-state index contributed by atoms with van der Waals surface area (Å²) in [5, 5.41) is 15.9. The molecule has 36 heavy (non-hydrogen) atoms. The predicted octanol–water partition coefficient (Wildman–Crippen LogP) is 3.14. The van der Waals surface area contributed by atoms with Crippen molar-refractivity contribution in [2.24, 2.45) is 5.73 Å². The second-order valence-corrected chi connectivity index (χ2v) is 10.3. The van der Waals surface area contributed by atoms with E-state index in [2.05, 4.69) is 10.6 Å². The lowest BCUT2D eigenvalue weighted by Gasteiger charge is -2.44. The molecular formula is C26H42N4O6. The van der Waals surface area contributed by atoms with Crippen LogP contribution in [0.1, 0.15) is 85.8 Å². The number of carbonyl (C=O) groups is 4. The van der Waals surface area contributed by atoms with Crippen molar-refractivity contribution in [3.63, 3.8) is 0 Å². The van der Waals surface area contributed by atoms with Gasteiger partial charge in [-0.2, -0.15) is 0 Å². The number of nitrogens with zero attached hydrogens (tertiary/aromatic N) is 1. The summed E-state index contributed by atoms with van der Waals surface area (Å²) in [5.41, 5.74) is 3.86. The Morgan fingerprint density at radius 1 is 1.08 bits per heavy atom. The molecule has 0 aromatic heterocycles. The lowest BCUT2D eigenvalue weighted by atomic mass is 9.91. The molecule has 10 nitrogen and oxygen atoms in total. The molecule has 1 aromatic rings. The van der Waals surface area contributed by atoms with Crippen molar-refractivity contribution in [2.45, 2.75) is 97.4 Å². The summed E-state index contributed by atoms with van der Waals surface area (Å²) < 4.78 is 5.28. The number of primary amides is 1. The Balaban J connectivity index is 3.62. The average Bonchev–Trinajstić information content (AvgIpc) is 2.75. The molecule has 0 aliphatic rings. The third kappa shape index (κ3) is 9.05. The Morgan fingerprint density at radius 3 is 2.19 bits per heavy atom. The van der Waals surface area contributed by atoms with Crippen molar-refractivity contribution in [2.75, 3.05) is 6.54 Å². The molecule has 0 spiro atoms. The summed E-state index contributed by atoms with van der Waals surface area (Å²) >= 11 is 0. The number of para-hydroxylation sites is 1. The van der Waals surface area contributed by atoms with E-state index in [1.54, 1.807) is 52.8 Å². The Bertz CT molecular complexity index is 925. The SMILES string of the molecule is CCCCNC(=O)C(c1ccccc1O)N(C(=O)C(CC(N)=O)NC(=O)OC(C)(C)C)C(C)(C)CC. The fourth-order valence-electron chi connectivity index (χ4n) is 3.57. The molecule has 10 heteroatoms. The number of hydrogen-bond acceptors (Lipinski definition) is 6. The van der Waals surface area contributed by atoms with Gasteiger partial charge in [0.25, 0.3) is 0 Å². The number of phenolic OH excluding ortho intramolecular Hbond substituents is 1. The van der Waals surface area contributed by atoms with Gasteiger partial charge in [-0.05, 0) is 53.5 Å². The number of rotatable bonds is 12. The first-order valence-electron chi connectivity index (χ1n) is 12.3. The number of alkyl carbamates (subject to hydrolysis) is 1. The average molecular weight is 507 g/mol. The molecule has 1 aromatic carbocycles. The molecule has 2 atom stereocenters. The zero-order valence-corrected chi connectivity index (χ0v) is 22.5. The zero-order valence-electron chi connectivity index (χ0n) is 22.5. The number of hydrogen-bond donors (Lipinski definition) is 4. The summed E-state index contributed by atoms with van der Waals surface area (Å²) in [6.45, 7) is 12.8. The molecule has 2 unspecified atom stereocenters. The molecule has 0 fully saturated rings. The van der Waals surface area contributed by atoms with Gasteiger partial charge in [-0.1, -0.05) is 38.5 Å². The standard InChI is InChI=1S/C26H42N4O6/c1-8-10-15-28-22(33)21(17-13-11-12-14-19(17)31)30(26(6,7)9-2)23(34)18(16-20(27)32)29-24(35)36-25(3,4)5/h11-14,18,21,31H,8-10,15-16H2,1-7H3,(H2,27,32)(H,28,33)(H,29,35). The van der Waals surface area contributed by atoms with Gasteiger partial charge in [-0.3, -0.25) is 14.4 Å².